The first-order valence-corrected chi connectivity index (χ1v) is 17.6. The summed E-state index contributed by atoms with van der Waals surface area (Å²) in [6.45, 7) is 17.3. The predicted octanol–water partition coefficient (Wildman–Crippen LogP) is 9.11. The van der Waals surface area contributed by atoms with E-state index in [4.69, 9.17) is 23.9 Å². The summed E-state index contributed by atoms with van der Waals surface area (Å²) in [6.07, 6.45) is 9.36. The third-order valence-corrected chi connectivity index (χ3v) is 10.1. The lowest BCUT2D eigenvalue weighted by atomic mass is 9.98. The molecule has 2 aliphatic rings. The van der Waals surface area contributed by atoms with Crippen LogP contribution in [-0.2, 0) is 11.1 Å². The van der Waals surface area contributed by atoms with Crippen LogP contribution in [0.5, 0.6) is 5.75 Å². The number of aromatic nitrogens is 2. The molecule has 0 N–H and O–H groups in total. The molecule has 1 atom stereocenters. The van der Waals surface area contributed by atoms with Gasteiger partial charge in [0.05, 0.1) is 19.3 Å². The molecular weight excluding hydrogens is 583 g/mol. The maximum Gasteiger partial charge on any atom is 0.182 e. The second kappa shape index (κ2) is 15.9. The van der Waals surface area contributed by atoms with E-state index in [-0.39, 0.29) is 10.8 Å². The molecule has 0 bridgehead atoms. The Labute approximate surface area is 269 Å². The van der Waals surface area contributed by atoms with Crippen molar-refractivity contribution in [2.75, 3.05) is 19.4 Å². The van der Waals surface area contributed by atoms with Crippen LogP contribution in [0.3, 0.4) is 0 Å². The van der Waals surface area contributed by atoms with Gasteiger partial charge >= 0.3 is 0 Å². The van der Waals surface area contributed by atoms with Gasteiger partial charge in [0.2, 0.25) is 0 Å². The zero-order valence-electron chi connectivity index (χ0n) is 28.0. The quantitative estimate of drug-likeness (QED) is 0.0691. The molecule has 1 aromatic heterocycles. The van der Waals surface area contributed by atoms with Crippen LogP contribution in [0.25, 0.3) is 33.7 Å². The van der Waals surface area contributed by atoms with Gasteiger partial charge in [0, 0.05) is 72.3 Å². The predicted molar refractivity (Wildman–Crippen MR) is 184 cm³/mol. The van der Waals surface area contributed by atoms with E-state index in [0.29, 0.717) is 36.5 Å². The SMILES string of the molecule is CC(C)N(C(C)C)P(CCC#N)OCCCCCCn1ccnc1-c1c2ccc(=O)cc-2oc2cc(OCC(C)(C)C)ccc12. The van der Waals surface area contributed by atoms with Gasteiger partial charge < -0.3 is 18.2 Å². The molecule has 1 aromatic carbocycles. The Morgan fingerprint density at radius 1 is 1.04 bits per heavy atom. The Bertz CT molecular complexity index is 1590. The highest BCUT2D eigenvalue weighted by atomic mass is 31.2. The number of rotatable bonds is 16. The summed E-state index contributed by atoms with van der Waals surface area (Å²) in [6, 6.07) is 13.9. The zero-order chi connectivity index (χ0) is 32.6. The van der Waals surface area contributed by atoms with Gasteiger partial charge in [0.15, 0.2) is 5.43 Å². The summed E-state index contributed by atoms with van der Waals surface area (Å²) in [5, 5.41) is 10.1. The van der Waals surface area contributed by atoms with Crippen LogP contribution < -0.4 is 10.2 Å². The van der Waals surface area contributed by atoms with Crippen molar-refractivity contribution in [3.05, 3.63) is 59.0 Å². The molecular formula is C36H49N4O4P. The highest BCUT2D eigenvalue weighted by Crippen LogP contribution is 2.45. The smallest absolute Gasteiger partial charge is 0.182 e. The maximum atomic E-state index is 12.3. The molecule has 0 radical (unpaired) electrons. The summed E-state index contributed by atoms with van der Waals surface area (Å²) in [4.78, 5) is 17.0. The molecule has 0 saturated heterocycles. The highest BCUT2D eigenvalue weighted by Gasteiger charge is 2.25. The Morgan fingerprint density at radius 3 is 2.51 bits per heavy atom. The Balaban J connectivity index is 1.44. The summed E-state index contributed by atoms with van der Waals surface area (Å²) in [5.74, 6) is 2.13. The van der Waals surface area contributed by atoms with Gasteiger partial charge in [-0.15, -0.1) is 0 Å². The molecule has 1 aliphatic heterocycles. The minimum absolute atomic E-state index is 0.0276. The normalized spacial score (nSPS) is 12.9. The number of nitriles is 1. The molecule has 1 aliphatic carbocycles. The first-order valence-electron chi connectivity index (χ1n) is 16.2. The van der Waals surface area contributed by atoms with Crippen LogP contribution in [0.4, 0.5) is 0 Å². The van der Waals surface area contributed by atoms with Gasteiger partial charge in [-0.2, -0.15) is 5.26 Å². The molecule has 242 valence electrons. The molecule has 2 aromatic rings. The number of benzene rings is 2. The van der Waals surface area contributed by atoms with E-state index in [1.807, 2.05) is 36.7 Å². The van der Waals surface area contributed by atoms with Crippen LogP contribution in [0.2, 0.25) is 0 Å². The van der Waals surface area contributed by atoms with E-state index >= 15 is 0 Å². The van der Waals surface area contributed by atoms with Crippen LogP contribution in [0.1, 0.15) is 80.6 Å². The average Bonchev–Trinajstić information content (AvgIpc) is 3.43. The fraction of sp³-hybridized carbons (Fsp3) is 0.528. The molecule has 0 amide bonds. The maximum absolute atomic E-state index is 12.3. The third kappa shape index (κ3) is 9.39. The molecule has 4 rings (SSSR count). The summed E-state index contributed by atoms with van der Waals surface area (Å²) in [7, 11) is -0.771. The van der Waals surface area contributed by atoms with E-state index in [1.165, 1.54) is 0 Å². The fourth-order valence-corrected chi connectivity index (χ4v) is 7.77. The number of nitrogens with zero attached hydrogens (tertiary/aromatic N) is 4. The van der Waals surface area contributed by atoms with E-state index in [1.54, 1.807) is 12.1 Å². The number of fused-ring (bicyclic) bond motifs is 2. The van der Waals surface area contributed by atoms with Crippen molar-refractivity contribution in [1.29, 1.82) is 5.26 Å². The van der Waals surface area contributed by atoms with Gasteiger partial charge in [-0.1, -0.05) is 33.6 Å². The number of imidazole rings is 1. The van der Waals surface area contributed by atoms with Gasteiger partial charge in [-0.25, -0.2) is 4.98 Å². The van der Waals surface area contributed by atoms with Crippen LogP contribution in [0, 0.1) is 16.7 Å². The molecule has 1 unspecified atom stereocenters. The van der Waals surface area contributed by atoms with Crippen LogP contribution in [0.15, 0.2) is 58.0 Å². The topological polar surface area (TPSA) is 93.5 Å². The standard InChI is InChI=1S/C36H49N4O4P/c1-26(2)40(27(3)4)45(22-12-17-37)43-21-11-9-8-10-19-39-20-18-38-35(39)34-30-15-13-28(41)23-32(30)44-33-24-29(14-16-31(33)34)42-25-36(5,6)7/h13-16,18,20,23-24,26-27H,8-12,19,21-22,25H2,1-7H3. The summed E-state index contributed by atoms with van der Waals surface area (Å²) in [5.41, 5.74) is 2.41. The molecule has 2 heterocycles. The lowest BCUT2D eigenvalue weighted by Crippen LogP contribution is -2.33. The Kier molecular flexibility index (Phi) is 12.2. The second-order valence-corrected chi connectivity index (χ2v) is 15.3. The van der Waals surface area contributed by atoms with E-state index < -0.39 is 8.30 Å². The Hall–Kier alpha value is -3.24. The van der Waals surface area contributed by atoms with E-state index in [9.17, 15) is 4.79 Å². The van der Waals surface area contributed by atoms with E-state index in [0.717, 1.165) is 73.1 Å². The van der Waals surface area contributed by atoms with Crippen molar-refractivity contribution in [3.63, 3.8) is 0 Å². The van der Waals surface area contributed by atoms with Gasteiger partial charge in [0.25, 0.3) is 0 Å². The minimum atomic E-state index is -0.771. The second-order valence-electron chi connectivity index (χ2n) is 13.4. The Morgan fingerprint density at radius 2 is 1.80 bits per heavy atom. The van der Waals surface area contributed by atoms with Crippen molar-refractivity contribution < 1.29 is 13.7 Å². The molecule has 0 fully saturated rings. The largest absolute Gasteiger partial charge is 0.493 e. The first kappa shape index (κ1) is 34.6. The zero-order valence-corrected chi connectivity index (χ0v) is 28.9. The summed E-state index contributed by atoms with van der Waals surface area (Å²) >= 11 is 0. The van der Waals surface area contributed by atoms with Crippen molar-refractivity contribution >= 4 is 19.3 Å². The molecule has 8 nitrogen and oxygen atoms in total. The summed E-state index contributed by atoms with van der Waals surface area (Å²) < 4.78 is 23.3. The number of ether oxygens (including phenoxy) is 1. The third-order valence-electron chi connectivity index (χ3n) is 7.54. The fourth-order valence-electron chi connectivity index (χ4n) is 5.61. The number of hydrogen-bond acceptors (Lipinski definition) is 7. The average molecular weight is 633 g/mol. The number of unbranched alkanes of at least 4 members (excludes halogenated alkanes) is 3. The molecule has 0 spiro atoms. The highest BCUT2D eigenvalue weighted by molar-refractivity contribution is 7.50. The van der Waals surface area contributed by atoms with E-state index in [2.05, 4.69) is 63.8 Å². The number of aryl methyl sites for hydroxylation is 1. The monoisotopic (exact) mass is 632 g/mol. The lowest BCUT2D eigenvalue weighted by Gasteiger charge is -2.37. The van der Waals surface area contributed by atoms with Crippen molar-refractivity contribution in [3.8, 4) is 34.5 Å². The van der Waals surface area contributed by atoms with Gasteiger partial charge in [0.1, 0.15) is 31.2 Å². The van der Waals surface area contributed by atoms with Crippen LogP contribution >= 0.6 is 8.30 Å². The minimum Gasteiger partial charge on any atom is -0.493 e. The van der Waals surface area contributed by atoms with Crippen molar-refractivity contribution in [2.24, 2.45) is 5.41 Å². The lowest BCUT2D eigenvalue weighted by molar-refractivity contribution is 0.198. The molecule has 45 heavy (non-hydrogen) atoms. The molecule has 9 heteroatoms. The number of hydrogen-bond donors (Lipinski definition) is 0. The van der Waals surface area contributed by atoms with Gasteiger partial charge in [-0.3, -0.25) is 9.46 Å². The molecule has 0 saturated carbocycles. The van der Waals surface area contributed by atoms with Crippen molar-refractivity contribution in [2.45, 2.75) is 99.2 Å². The first-order chi connectivity index (χ1) is 21.5. The van der Waals surface area contributed by atoms with Gasteiger partial charge in [-0.05, 0) is 70.2 Å². The van der Waals surface area contributed by atoms with Crippen molar-refractivity contribution in [1.82, 2.24) is 14.2 Å². The van der Waals surface area contributed by atoms with Crippen LogP contribution in [-0.4, -0.2) is 45.7 Å².